The van der Waals surface area contributed by atoms with Crippen LogP contribution in [0.3, 0.4) is 0 Å². The van der Waals surface area contributed by atoms with Crippen LogP contribution < -0.4 is 18.9 Å². The van der Waals surface area contributed by atoms with Crippen LogP contribution in [-0.2, 0) is 11.3 Å². The van der Waals surface area contributed by atoms with Crippen LogP contribution >= 0.6 is 11.8 Å². The van der Waals surface area contributed by atoms with Crippen molar-refractivity contribution in [2.45, 2.75) is 34.2 Å². The summed E-state index contributed by atoms with van der Waals surface area (Å²) >= 11 is 1.25. The lowest BCUT2D eigenvalue weighted by Crippen LogP contribution is -2.28. The van der Waals surface area contributed by atoms with E-state index in [2.05, 4.69) is 37.9 Å². The number of methoxy groups -OCH3 is 2. The van der Waals surface area contributed by atoms with Crippen LogP contribution in [0.4, 0.5) is 0 Å². The number of carbonyl (C=O) groups excluding carboxylic acids is 1. The minimum absolute atomic E-state index is 0.197. The lowest BCUT2D eigenvalue weighted by molar-refractivity contribution is -0.122. The Bertz CT molecular complexity index is 1450. The van der Waals surface area contributed by atoms with Gasteiger partial charge in [-0.05, 0) is 83.3 Å². The van der Waals surface area contributed by atoms with Crippen molar-refractivity contribution in [2.24, 2.45) is 22.0 Å². The molecular formula is C32H37N3O6S. The molecule has 1 aliphatic rings. The number of nitrogens with zero attached hydrogens (tertiary/aromatic N) is 3. The maximum Gasteiger partial charge on any atom is 0.267 e. The van der Waals surface area contributed by atoms with Gasteiger partial charge in [-0.25, -0.2) is 0 Å². The molecule has 0 spiro atoms. The smallest absolute Gasteiger partial charge is 0.267 e. The minimum Gasteiger partial charge on any atom is -0.493 e. The Morgan fingerprint density at radius 3 is 2.07 bits per heavy atom. The lowest BCUT2D eigenvalue weighted by Gasteiger charge is -2.13. The number of hydrogen-bond acceptors (Lipinski definition) is 9. The zero-order chi connectivity index (χ0) is 30.1. The number of ether oxygens (including phenoxy) is 4. The van der Waals surface area contributed by atoms with Gasteiger partial charge in [0.05, 0.1) is 51.4 Å². The van der Waals surface area contributed by atoms with E-state index in [9.17, 15) is 4.79 Å². The first kappa shape index (κ1) is 30.8. The summed E-state index contributed by atoms with van der Waals surface area (Å²) in [6.07, 6.45) is 5.00. The highest BCUT2D eigenvalue weighted by Crippen LogP contribution is 2.36. The molecule has 2 aromatic carbocycles. The highest BCUT2D eigenvalue weighted by atomic mass is 32.2. The van der Waals surface area contributed by atoms with Crippen molar-refractivity contribution >= 4 is 35.1 Å². The second-order valence-corrected chi connectivity index (χ2v) is 11.4. The van der Waals surface area contributed by atoms with Crippen molar-refractivity contribution in [3.63, 3.8) is 0 Å². The van der Waals surface area contributed by atoms with E-state index < -0.39 is 0 Å². The average molecular weight is 592 g/mol. The van der Waals surface area contributed by atoms with E-state index in [1.165, 1.54) is 11.8 Å². The fourth-order valence-corrected chi connectivity index (χ4v) is 4.80. The second-order valence-electron chi connectivity index (χ2n) is 10.4. The molecule has 222 valence electrons. The van der Waals surface area contributed by atoms with Crippen molar-refractivity contribution in [2.75, 3.05) is 27.4 Å². The van der Waals surface area contributed by atoms with Gasteiger partial charge < -0.3 is 23.4 Å². The van der Waals surface area contributed by atoms with Gasteiger partial charge in [0.2, 0.25) is 0 Å². The van der Waals surface area contributed by atoms with Crippen LogP contribution in [0.25, 0.3) is 6.08 Å². The van der Waals surface area contributed by atoms with Gasteiger partial charge in [0.15, 0.2) is 28.2 Å². The van der Waals surface area contributed by atoms with E-state index in [-0.39, 0.29) is 12.5 Å². The normalized spacial score (nSPS) is 15.5. The number of carbonyl (C=O) groups is 1. The third-order valence-electron chi connectivity index (χ3n) is 5.95. The Labute approximate surface area is 251 Å². The van der Waals surface area contributed by atoms with E-state index in [0.29, 0.717) is 63.9 Å². The Kier molecular flexibility index (Phi) is 10.7. The van der Waals surface area contributed by atoms with Crippen LogP contribution in [0, 0.1) is 11.8 Å². The summed E-state index contributed by atoms with van der Waals surface area (Å²) in [6, 6.07) is 14.8. The first-order valence-corrected chi connectivity index (χ1v) is 14.6. The van der Waals surface area contributed by atoms with Crippen LogP contribution in [0.15, 0.2) is 74.3 Å². The van der Waals surface area contributed by atoms with E-state index in [1.54, 1.807) is 37.7 Å². The zero-order valence-electron chi connectivity index (χ0n) is 24.8. The van der Waals surface area contributed by atoms with Crippen molar-refractivity contribution < 1.29 is 28.2 Å². The molecule has 0 atom stereocenters. The lowest BCUT2D eigenvalue weighted by atomic mass is 10.1. The van der Waals surface area contributed by atoms with Crippen LogP contribution in [0.5, 0.6) is 23.0 Å². The van der Waals surface area contributed by atoms with Crippen LogP contribution in [0.2, 0.25) is 0 Å². The Morgan fingerprint density at radius 1 is 0.881 bits per heavy atom. The van der Waals surface area contributed by atoms with Crippen molar-refractivity contribution in [1.82, 2.24) is 4.90 Å². The summed E-state index contributed by atoms with van der Waals surface area (Å²) in [5.41, 5.74) is 1.58. The predicted molar refractivity (Wildman–Crippen MR) is 167 cm³/mol. The SMILES string of the molecule is COc1cc(/C=N\N=C2\S/C(=C\c3ccc(OCC(C)C)c(OC)c3)C(=O)N2Cc2ccco2)ccc1OCC(C)C. The number of thioether (sulfide) groups is 1. The molecule has 1 saturated heterocycles. The Hall–Kier alpha value is -4.18. The molecule has 1 fully saturated rings. The molecule has 0 saturated carbocycles. The summed E-state index contributed by atoms with van der Waals surface area (Å²) in [4.78, 5) is 15.5. The van der Waals surface area contributed by atoms with E-state index >= 15 is 0 Å². The standard InChI is InChI=1S/C32H37N3O6S/c1-21(2)19-40-26-11-9-23(14-28(26)37-5)16-30-31(36)35(18-25-8-7-13-39-25)32(42-30)34-33-17-24-10-12-27(29(15-24)38-6)41-20-22(3)4/h7-17,21-22H,18-20H2,1-6H3/b30-16-,33-17-,34-32+. The predicted octanol–water partition coefficient (Wildman–Crippen LogP) is 6.87. The van der Waals surface area contributed by atoms with E-state index in [4.69, 9.17) is 23.4 Å². The number of benzene rings is 2. The summed E-state index contributed by atoms with van der Waals surface area (Å²) in [6.45, 7) is 9.74. The Balaban J connectivity index is 1.57. The third-order valence-corrected chi connectivity index (χ3v) is 6.95. The van der Waals surface area contributed by atoms with Gasteiger partial charge in [-0.3, -0.25) is 9.69 Å². The molecule has 0 radical (unpaired) electrons. The van der Waals surface area contributed by atoms with Crippen molar-refractivity contribution in [3.8, 4) is 23.0 Å². The molecule has 0 unspecified atom stereocenters. The molecule has 1 aliphatic heterocycles. The minimum atomic E-state index is -0.197. The average Bonchev–Trinajstić information content (AvgIpc) is 3.59. The van der Waals surface area contributed by atoms with Gasteiger partial charge in [0, 0.05) is 0 Å². The number of rotatable bonds is 13. The maximum absolute atomic E-state index is 13.5. The zero-order valence-corrected chi connectivity index (χ0v) is 25.6. The highest BCUT2D eigenvalue weighted by molar-refractivity contribution is 8.18. The van der Waals surface area contributed by atoms with Crippen molar-refractivity contribution in [3.05, 3.63) is 76.6 Å². The molecule has 1 aromatic heterocycles. The van der Waals surface area contributed by atoms with Gasteiger partial charge in [0.1, 0.15) is 5.76 Å². The quantitative estimate of drug-likeness (QED) is 0.122. The van der Waals surface area contributed by atoms with Gasteiger partial charge in [-0.15, -0.1) is 5.10 Å². The maximum atomic E-state index is 13.5. The van der Waals surface area contributed by atoms with E-state index in [0.717, 1.165) is 11.1 Å². The Morgan fingerprint density at radius 2 is 1.50 bits per heavy atom. The topological polar surface area (TPSA) is 95.1 Å². The van der Waals surface area contributed by atoms with Crippen molar-refractivity contribution in [1.29, 1.82) is 0 Å². The highest BCUT2D eigenvalue weighted by Gasteiger charge is 2.34. The molecular weight excluding hydrogens is 554 g/mol. The number of amides is 1. The molecule has 4 rings (SSSR count). The van der Waals surface area contributed by atoms with Gasteiger partial charge in [-0.2, -0.15) is 5.10 Å². The first-order valence-electron chi connectivity index (χ1n) is 13.7. The van der Waals surface area contributed by atoms with Gasteiger partial charge in [0.25, 0.3) is 5.91 Å². The molecule has 10 heteroatoms. The monoisotopic (exact) mass is 591 g/mol. The second kappa shape index (κ2) is 14.6. The fourth-order valence-electron chi connectivity index (χ4n) is 3.87. The summed E-state index contributed by atoms with van der Waals surface area (Å²) < 4.78 is 28.2. The van der Waals surface area contributed by atoms with Gasteiger partial charge in [-0.1, -0.05) is 33.8 Å². The molecule has 9 nitrogen and oxygen atoms in total. The number of amidine groups is 1. The third kappa shape index (κ3) is 8.19. The molecule has 1 amide bonds. The van der Waals surface area contributed by atoms with Crippen LogP contribution in [-0.4, -0.2) is 49.6 Å². The number of furan rings is 1. The molecule has 3 aromatic rings. The van der Waals surface area contributed by atoms with E-state index in [1.807, 2.05) is 48.5 Å². The summed E-state index contributed by atoms with van der Waals surface area (Å²) in [5, 5.41) is 9.13. The molecule has 2 heterocycles. The van der Waals surface area contributed by atoms with Crippen LogP contribution in [0.1, 0.15) is 44.6 Å². The van der Waals surface area contributed by atoms with Gasteiger partial charge >= 0.3 is 0 Å². The number of hydrogen-bond donors (Lipinski definition) is 0. The first-order chi connectivity index (χ1) is 20.3. The largest absolute Gasteiger partial charge is 0.493 e. The molecule has 42 heavy (non-hydrogen) atoms. The summed E-state index contributed by atoms with van der Waals surface area (Å²) in [7, 11) is 3.20. The fraction of sp³-hybridized carbons (Fsp3) is 0.344. The summed E-state index contributed by atoms with van der Waals surface area (Å²) in [5.74, 6) is 3.75. The molecule has 0 bridgehead atoms. The molecule has 0 N–H and O–H groups in total. The molecule has 0 aliphatic carbocycles.